The maximum Gasteiger partial charge on any atom is 0.324 e. The van der Waals surface area contributed by atoms with Crippen molar-refractivity contribution in [1.29, 1.82) is 0 Å². The van der Waals surface area contributed by atoms with E-state index in [-0.39, 0.29) is 24.5 Å². The SMILES string of the molecule is CC1CCCCC1NC(=O)NC(=O)CN1CCN2C(=O)NC(=O)C2C1. The predicted octanol–water partition coefficient (Wildman–Crippen LogP) is -0.373. The first-order valence-corrected chi connectivity index (χ1v) is 8.88. The average Bonchev–Trinajstić information content (AvgIpc) is 2.83. The summed E-state index contributed by atoms with van der Waals surface area (Å²) in [4.78, 5) is 50.6. The molecule has 3 aliphatic rings. The van der Waals surface area contributed by atoms with Crippen LogP contribution in [0.4, 0.5) is 9.59 Å². The molecule has 0 aromatic carbocycles. The van der Waals surface area contributed by atoms with Gasteiger partial charge in [-0.2, -0.15) is 0 Å². The van der Waals surface area contributed by atoms with Gasteiger partial charge in [-0.15, -0.1) is 0 Å². The highest BCUT2D eigenvalue weighted by Crippen LogP contribution is 2.23. The number of urea groups is 2. The molecule has 0 aromatic rings. The molecule has 3 atom stereocenters. The lowest BCUT2D eigenvalue weighted by atomic mass is 9.86. The third kappa shape index (κ3) is 4.09. The number of imide groups is 2. The zero-order valence-corrected chi connectivity index (χ0v) is 14.4. The van der Waals surface area contributed by atoms with Gasteiger partial charge < -0.3 is 10.2 Å². The minimum Gasteiger partial charge on any atom is -0.335 e. The van der Waals surface area contributed by atoms with Crippen molar-refractivity contribution >= 4 is 23.9 Å². The van der Waals surface area contributed by atoms with Gasteiger partial charge in [-0.1, -0.05) is 19.8 Å². The van der Waals surface area contributed by atoms with Gasteiger partial charge in [0.25, 0.3) is 5.91 Å². The molecule has 138 valence electrons. The summed E-state index contributed by atoms with van der Waals surface area (Å²) >= 11 is 0. The van der Waals surface area contributed by atoms with Crippen LogP contribution in [0.2, 0.25) is 0 Å². The molecule has 25 heavy (non-hydrogen) atoms. The molecule has 0 radical (unpaired) electrons. The maximum atomic E-state index is 12.1. The van der Waals surface area contributed by atoms with Crippen LogP contribution in [0.5, 0.6) is 0 Å². The van der Waals surface area contributed by atoms with E-state index in [0.717, 1.165) is 19.3 Å². The number of nitrogens with zero attached hydrogens (tertiary/aromatic N) is 2. The Labute approximate surface area is 146 Å². The summed E-state index contributed by atoms with van der Waals surface area (Å²) in [5.41, 5.74) is 0. The van der Waals surface area contributed by atoms with Crippen molar-refractivity contribution in [2.75, 3.05) is 26.2 Å². The number of hydrogen-bond donors (Lipinski definition) is 3. The van der Waals surface area contributed by atoms with Crippen LogP contribution in [0, 0.1) is 5.92 Å². The summed E-state index contributed by atoms with van der Waals surface area (Å²) in [6.45, 7) is 3.32. The highest BCUT2D eigenvalue weighted by molar-refractivity contribution is 6.04. The van der Waals surface area contributed by atoms with Crippen molar-refractivity contribution in [3.8, 4) is 0 Å². The van der Waals surface area contributed by atoms with Gasteiger partial charge >= 0.3 is 12.1 Å². The van der Waals surface area contributed by atoms with Gasteiger partial charge in [0.1, 0.15) is 6.04 Å². The van der Waals surface area contributed by atoms with E-state index in [1.807, 2.05) is 0 Å². The number of hydrogen-bond acceptors (Lipinski definition) is 5. The first-order chi connectivity index (χ1) is 11.9. The van der Waals surface area contributed by atoms with E-state index in [4.69, 9.17) is 0 Å². The summed E-state index contributed by atoms with van der Waals surface area (Å²) in [6, 6.07) is -1.28. The van der Waals surface area contributed by atoms with Crippen LogP contribution in [0.1, 0.15) is 32.6 Å². The molecule has 6 amide bonds. The average molecular weight is 351 g/mol. The van der Waals surface area contributed by atoms with Gasteiger partial charge in [-0.25, -0.2) is 9.59 Å². The summed E-state index contributed by atoms with van der Waals surface area (Å²) in [6.07, 6.45) is 4.31. The van der Waals surface area contributed by atoms with E-state index < -0.39 is 18.0 Å². The number of piperazine rings is 1. The van der Waals surface area contributed by atoms with Gasteiger partial charge in [0.15, 0.2) is 0 Å². The third-order valence-corrected chi connectivity index (χ3v) is 5.31. The fourth-order valence-electron chi connectivity index (χ4n) is 3.82. The molecule has 3 unspecified atom stereocenters. The predicted molar refractivity (Wildman–Crippen MR) is 88.6 cm³/mol. The second-order valence-electron chi connectivity index (χ2n) is 7.13. The number of nitrogens with one attached hydrogen (secondary N) is 3. The normalized spacial score (nSPS) is 29.8. The Morgan fingerprint density at radius 1 is 1.20 bits per heavy atom. The number of carbonyl (C=O) groups is 4. The molecule has 2 heterocycles. The van der Waals surface area contributed by atoms with Crippen LogP contribution in [-0.2, 0) is 9.59 Å². The molecule has 3 fully saturated rings. The second kappa shape index (κ2) is 7.38. The van der Waals surface area contributed by atoms with E-state index in [1.165, 1.54) is 11.3 Å². The zero-order valence-electron chi connectivity index (χ0n) is 14.4. The topological polar surface area (TPSA) is 111 Å². The summed E-state index contributed by atoms with van der Waals surface area (Å²) in [7, 11) is 0. The van der Waals surface area contributed by atoms with Crippen LogP contribution in [-0.4, -0.2) is 71.9 Å². The van der Waals surface area contributed by atoms with Crippen LogP contribution in [0.15, 0.2) is 0 Å². The highest BCUT2D eigenvalue weighted by Gasteiger charge is 2.42. The van der Waals surface area contributed by atoms with E-state index >= 15 is 0 Å². The van der Waals surface area contributed by atoms with Crippen molar-refractivity contribution in [1.82, 2.24) is 25.8 Å². The Morgan fingerprint density at radius 3 is 2.72 bits per heavy atom. The van der Waals surface area contributed by atoms with E-state index in [1.54, 1.807) is 4.90 Å². The van der Waals surface area contributed by atoms with Crippen molar-refractivity contribution in [3.63, 3.8) is 0 Å². The first-order valence-electron chi connectivity index (χ1n) is 8.88. The van der Waals surface area contributed by atoms with Crippen molar-refractivity contribution < 1.29 is 19.2 Å². The molecule has 0 aromatic heterocycles. The molecule has 2 aliphatic heterocycles. The fourth-order valence-corrected chi connectivity index (χ4v) is 3.82. The van der Waals surface area contributed by atoms with Gasteiger partial charge in [0.2, 0.25) is 5.91 Å². The summed E-state index contributed by atoms with van der Waals surface area (Å²) in [5.74, 6) is -0.320. The maximum absolute atomic E-state index is 12.1. The zero-order chi connectivity index (χ0) is 18.0. The smallest absolute Gasteiger partial charge is 0.324 e. The Bertz CT molecular complexity index is 581. The lowest BCUT2D eigenvalue weighted by Gasteiger charge is -2.34. The molecule has 1 aliphatic carbocycles. The number of amides is 6. The van der Waals surface area contributed by atoms with Crippen LogP contribution < -0.4 is 16.0 Å². The van der Waals surface area contributed by atoms with E-state index in [0.29, 0.717) is 25.6 Å². The third-order valence-electron chi connectivity index (χ3n) is 5.31. The minimum absolute atomic E-state index is 0.0272. The fraction of sp³-hybridized carbons (Fsp3) is 0.750. The van der Waals surface area contributed by atoms with E-state index in [9.17, 15) is 19.2 Å². The molecule has 1 saturated carbocycles. The van der Waals surface area contributed by atoms with Crippen molar-refractivity contribution in [2.24, 2.45) is 5.92 Å². The standard InChI is InChI=1S/C16H25N5O4/c1-10-4-2-3-5-11(10)17-15(24)18-13(22)9-20-6-7-21-12(8-20)14(23)19-16(21)25/h10-12H,2-9H2,1H3,(H,19,23,25)(H2,17,18,22,24). The quantitative estimate of drug-likeness (QED) is 0.601. The summed E-state index contributed by atoms with van der Waals surface area (Å²) < 4.78 is 0. The molecular weight excluding hydrogens is 326 g/mol. The monoisotopic (exact) mass is 351 g/mol. The minimum atomic E-state index is -0.550. The molecule has 0 spiro atoms. The van der Waals surface area contributed by atoms with Gasteiger partial charge in [0.05, 0.1) is 6.54 Å². The van der Waals surface area contributed by atoms with Crippen LogP contribution >= 0.6 is 0 Å². The van der Waals surface area contributed by atoms with Gasteiger partial charge in [-0.05, 0) is 18.8 Å². The first kappa shape index (κ1) is 17.7. The molecule has 9 nitrogen and oxygen atoms in total. The largest absolute Gasteiger partial charge is 0.335 e. The van der Waals surface area contributed by atoms with Crippen molar-refractivity contribution in [2.45, 2.75) is 44.7 Å². The molecule has 2 saturated heterocycles. The second-order valence-corrected chi connectivity index (χ2v) is 7.13. The summed E-state index contributed by atoms with van der Waals surface area (Å²) in [5, 5.41) is 7.51. The van der Waals surface area contributed by atoms with Crippen LogP contribution in [0.3, 0.4) is 0 Å². The molecule has 3 rings (SSSR count). The molecule has 3 N–H and O–H groups in total. The Kier molecular flexibility index (Phi) is 5.22. The number of carbonyl (C=O) groups excluding carboxylic acids is 4. The van der Waals surface area contributed by atoms with E-state index in [2.05, 4.69) is 22.9 Å². The van der Waals surface area contributed by atoms with Crippen LogP contribution in [0.25, 0.3) is 0 Å². The number of fused-ring (bicyclic) bond motifs is 1. The number of rotatable bonds is 3. The Balaban J connectivity index is 1.44. The molecule has 0 bridgehead atoms. The molecular formula is C16H25N5O4. The Morgan fingerprint density at radius 2 is 1.96 bits per heavy atom. The lowest BCUT2D eigenvalue weighted by Crippen LogP contribution is -2.56. The molecule has 9 heteroatoms. The Hall–Kier alpha value is -2.16. The van der Waals surface area contributed by atoms with Gasteiger partial charge in [-0.3, -0.25) is 25.1 Å². The highest BCUT2D eigenvalue weighted by atomic mass is 16.2. The van der Waals surface area contributed by atoms with Gasteiger partial charge in [0, 0.05) is 25.7 Å². The van der Waals surface area contributed by atoms with Crippen molar-refractivity contribution in [3.05, 3.63) is 0 Å². The lowest BCUT2D eigenvalue weighted by molar-refractivity contribution is -0.125.